The number of alkyl halides is 3. The summed E-state index contributed by atoms with van der Waals surface area (Å²) in [5, 5.41) is 0. The number of piperidine rings is 1. The zero-order valence-corrected chi connectivity index (χ0v) is 27.0. The van der Waals surface area contributed by atoms with E-state index in [0.29, 0.717) is 50.8 Å². The van der Waals surface area contributed by atoms with E-state index >= 15 is 0 Å². The SMILES string of the molecule is NC1CCN(C(=O)[C@@H]2CN(C(c3ccc(C(F)(F)F)cc3)C3CC3)CCN2S(=O)(=O)c2ccc(OCC3CCCCC3)cc2)CC1. The first-order valence-corrected chi connectivity index (χ1v) is 18.1. The van der Waals surface area contributed by atoms with Gasteiger partial charge in [-0.3, -0.25) is 9.69 Å². The lowest BCUT2D eigenvalue weighted by atomic mass is 9.90. The number of hydrogen-bond acceptors (Lipinski definition) is 6. The van der Waals surface area contributed by atoms with Gasteiger partial charge in [-0.1, -0.05) is 31.4 Å². The third-order valence-electron chi connectivity index (χ3n) is 10.2. The molecule has 2 aliphatic heterocycles. The number of halogens is 3. The number of benzene rings is 2. The zero-order valence-electron chi connectivity index (χ0n) is 26.2. The molecule has 2 N–H and O–H groups in total. The van der Waals surface area contributed by atoms with Crippen LogP contribution in [0.2, 0.25) is 0 Å². The Morgan fingerprint density at radius 3 is 2.13 bits per heavy atom. The summed E-state index contributed by atoms with van der Waals surface area (Å²) < 4.78 is 75.5. The van der Waals surface area contributed by atoms with E-state index in [2.05, 4.69) is 4.90 Å². The number of likely N-dealkylation sites (tertiary alicyclic amines) is 1. The number of hydrogen-bond donors (Lipinski definition) is 1. The molecule has 2 atom stereocenters. The first-order chi connectivity index (χ1) is 22.0. The fourth-order valence-electron chi connectivity index (χ4n) is 7.33. The van der Waals surface area contributed by atoms with Gasteiger partial charge in [0.25, 0.3) is 0 Å². The third-order valence-corrected chi connectivity index (χ3v) is 12.1. The Morgan fingerprint density at radius 2 is 1.52 bits per heavy atom. The number of sulfonamides is 1. The molecule has 252 valence electrons. The summed E-state index contributed by atoms with van der Waals surface area (Å²) in [6, 6.07) is 10.6. The second-order valence-corrected chi connectivity index (χ2v) is 15.4. The van der Waals surface area contributed by atoms with Crippen LogP contribution in [0.4, 0.5) is 13.2 Å². The number of amides is 1. The van der Waals surface area contributed by atoms with E-state index in [4.69, 9.17) is 10.5 Å². The van der Waals surface area contributed by atoms with Gasteiger partial charge in [0.1, 0.15) is 11.8 Å². The Kier molecular flexibility index (Phi) is 9.99. The van der Waals surface area contributed by atoms with Gasteiger partial charge in [0, 0.05) is 44.8 Å². The van der Waals surface area contributed by atoms with Gasteiger partial charge < -0.3 is 15.4 Å². The van der Waals surface area contributed by atoms with Gasteiger partial charge in [0.05, 0.1) is 17.1 Å². The van der Waals surface area contributed by atoms with Crippen LogP contribution in [-0.2, 0) is 21.0 Å². The first-order valence-electron chi connectivity index (χ1n) is 16.7. The van der Waals surface area contributed by atoms with E-state index in [9.17, 15) is 26.4 Å². The smallest absolute Gasteiger partial charge is 0.416 e. The molecule has 1 unspecified atom stereocenters. The van der Waals surface area contributed by atoms with E-state index < -0.39 is 27.8 Å². The molecule has 46 heavy (non-hydrogen) atoms. The van der Waals surface area contributed by atoms with Crippen molar-refractivity contribution in [3.8, 4) is 5.75 Å². The van der Waals surface area contributed by atoms with Gasteiger partial charge in [-0.25, -0.2) is 8.42 Å². The predicted molar refractivity (Wildman–Crippen MR) is 168 cm³/mol. The lowest BCUT2D eigenvalue weighted by molar-refractivity contribution is -0.139. The molecule has 0 spiro atoms. The van der Waals surface area contributed by atoms with E-state index in [-0.39, 0.29) is 41.9 Å². The maximum absolute atomic E-state index is 14.1. The summed E-state index contributed by atoms with van der Waals surface area (Å²) in [7, 11) is -4.04. The molecule has 2 aliphatic carbocycles. The number of nitrogens with zero attached hydrogens (tertiary/aromatic N) is 3. The Morgan fingerprint density at radius 1 is 0.870 bits per heavy atom. The van der Waals surface area contributed by atoms with E-state index in [1.165, 1.54) is 35.7 Å². The standard InChI is InChI=1S/C34H45F3N4O4S/c35-34(36,37)27-10-8-26(9-11-27)32(25-6-7-25)40-20-21-41(31(22-40)33(42)39-18-16-28(38)17-19-39)46(43,44)30-14-12-29(13-15-30)45-23-24-4-2-1-3-5-24/h8-15,24-25,28,31-32H,1-7,16-23,38H2/t31-,32?/m0/s1. The summed E-state index contributed by atoms with van der Waals surface area (Å²) in [5.41, 5.74) is 6.15. The van der Waals surface area contributed by atoms with Crippen molar-refractivity contribution in [2.24, 2.45) is 17.6 Å². The molecule has 0 bridgehead atoms. The monoisotopic (exact) mass is 662 g/mol. The largest absolute Gasteiger partial charge is 0.493 e. The summed E-state index contributed by atoms with van der Waals surface area (Å²) in [4.78, 5) is 18.0. The number of rotatable bonds is 9. The van der Waals surface area contributed by atoms with Crippen LogP contribution in [0.25, 0.3) is 0 Å². The summed E-state index contributed by atoms with van der Waals surface area (Å²) in [6.07, 6.45) is 4.73. The average molecular weight is 663 g/mol. The Hall–Kier alpha value is -2.67. The van der Waals surface area contributed by atoms with Crippen molar-refractivity contribution in [3.63, 3.8) is 0 Å². The zero-order chi connectivity index (χ0) is 32.5. The van der Waals surface area contributed by atoms with Gasteiger partial charge in [0.15, 0.2) is 0 Å². The minimum atomic E-state index is -4.43. The van der Waals surface area contributed by atoms with Crippen LogP contribution < -0.4 is 10.5 Å². The van der Waals surface area contributed by atoms with E-state index in [0.717, 1.165) is 43.4 Å². The van der Waals surface area contributed by atoms with Gasteiger partial charge in [-0.2, -0.15) is 17.5 Å². The van der Waals surface area contributed by atoms with Crippen LogP contribution in [0.3, 0.4) is 0 Å². The summed E-state index contributed by atoms with van der Waals surface area (Å²) >= 11 is 0. The van der Waals surface area contributed by atoms with Crippen molar-refractivity contribution in [1.82, 2.24) is 14.1 Å². The second-order valence-electron chi connectivity index (χ2n) is 13.5. The molecular weight excluding hydrogens is 617 g/mol. The number of ether oxygens (including phenoxy) is 1. The topological polar surface area (TPSA) is 96.2 Å². The van der Waals surface area contributed by atoms with Crippen molar-refractivity contribution in [2.45, 2.75) is 87.0 Å². The molecule has 0 aromatic heterocycles. The molecule has 0 radical (unpaired) electrons. The minimum absolute atomic E-state index is 0.00417. The Balaban J connectivity index is 1.22. The maximum atomic E-state index is 14.1. The molecule has 4 fully saturated rings. The maximum Gasteiger partial charge on any atom is 0.416 e. The average Bonchev–Trinajstić information content (AvgIpc) is 3.90. The Labute approximate surface area is 270 Å². The number of carbonyl (C=O) groups is 1. The molecule has 12 heteroatoms. The van der Waals surface area contributed by atoms with Crippen molar-refractivity contribution in [1.29, 1.82) is 0 Å². The van der Waals surface area contributed by atoms with E-state index in [1.807, 2.05) is 0 Å². The van der Waals surface area contributed by atoms with Crippen LogP contribution in [0.1, 0.15) is 75.0 Å². The molecule has 4 aliphatic rings. The van der Waals surface area contributed by atoms with Crippen LogP contribution >= 0.6 is 0 Å². The number of nitrogens with two attached hydrogens (primary N) is 1. The van der Waals surface area contributed by atoms with Crippen LogP contribution in [0.5, 0.6) is 5.75 Å². The molecule has 1 amide bonds. The fraction of sp³-hybridized carbons (Fsp3) is 0.618. The molecule has 2 aromatic rings. The molecule has 8 nitrogen and oxygen atoms in total. The lowest BCUT2D eigenvalue weighted by Gasteiger charge is -2.45. The normalized spacial score (nSPS) is 23.7. The fourth-order valence-corrected chi connectivity index (χ4v) is 8.90. The van der Waals surface area contributed by atoms with Crippen molar-refractivity contribution < 1.29 is 31.1 Å². The predicted octanol–water partition coefficient (Wildman–Crippen LogP) is 5.44. The highest BCUT2D eigenvalue weighted by molar-refractivity contribution is 7.89. The number of piperazine rings is 1. The highest BCUT2D eigenvalue weighted by atomic mass is 32.2. The number of carbonyl (C=O) groups excluding carboxylic acids is 1. The lowest BCUT2D eigenvalue weighted by Crippen LogP contribution is -2.62. The first kappa shape index (κ1) is 33.2. The molecule has 2 heterocycles. The highest BCUT2D eigenvalue weighted by Gasteiger charge is 2.46. The Bertz CT molecular complexity index is 1440. The quantitative estimate of drug-likeness (QED) is 0.385. The van der Waals surface area contributed by atoms with Gasteiger partial charge in [-0.05, 0) is 92.3 Å². The molecule has 2 aromatic carbocycles. The van der Waals surface area contributed by atoms with Gasteiger partial charge in [-0.15, -0.1) is 0 Å². The summed E-state index contributed by atoms with van der Waals surface area (Å²) in [5.74, 6) is 1.13. The second kappa shape index (κ2) is 13.8. The van der Waals surface area contributed by atoms with Crippen LogP contribution in [0, 0.1) is 11.8 Å². The van der Waals surface area contributed by atoms with Crippen molar-refractivity contribution in [2.75, 3.05) is 39.3 Å². The van der Waals surface area contributed by atoms with Gasteiger partial charge >= 0.3 is 6.18 Å². The summed E-state index contributed by atoms with van der Waals surface area (Å²) in [6.45, 7) is 2.15. The molecule has 2 saturated carbocycles. The van der Waals surface area contributed by atoms with Crippen LogP contribution in [-0.4, -0.2) is 79.8 Å². The van der Waals surface area contributed by atoms with E-state index in [1.54, 1.807) is 29.2 Å². The minimum Gasteiger partial charge on any atom is -0.493 e. The van der Waals surface area contributed by atoms with Crippen molar-refractivity contribution >= 4 is 15.9 Å². The van der Waals surface area contributed by atoms with Crippen molar-refractivity contribution in [3.05, 3.63) is 59.7 Å². The van der Waals surface area contributed by atoms with Gasteiger partial charge in [0.2, 0.25) is 15.9 Å². The molecule has 6 rings (SSSR count). The molecular formula is C34H45F3N4O4S. The highest BCUT2D eigenvalue weighted by Crippen LogP contribution is 2.46. The van der Waals surface area contributed by atoms with Crippen LogP contribution in [0.15, 0.2) is 53.4 Å². The molecule has 2 saturated heterocycles. The third kappa shape index (κ3) is 7.55.